The first-order valence-corrected chi connectivity index (χ1v) is 6.67. The van der Waals surface area contributed by atoms with E-state index >= 15 is 0 Å². The predicted molar refractivity (Wildman–Crippen MR) is 72.5 cm³/mol. The fourth-order valence-electron chi connectivity index (χ4n) is 1.60. The van der Waals surface area contributed by atoms with E-state index < -0.39 is 0 Å². The molecule has 0 bridgehead atoms. The van der Waals surface area contributed by atoms with Gasteiger partial charge in [-0.3, -0.25) is 0 Å². The first-order valence-electron chi connectivity index (χ1n) is 5.06. The first-order chi connectivity index (χ1) is 8.15. The molecule has 0 unspecified atom stereocenters. The summed E-state index contributed by atoms with van der Waals surface area (Å²) in [5, 5.41) is 9.82. The number of nitrogens with zero attached hydrogens (tertiary/aromatic N) is 1. The van der Waals surface area contributed by atoms with Crippen LogP contribution in [0.15, 0.2) is 22.7 Å². The van der Waals surface area contributed by atoms with Crippen molar-refractivity contribution < 1.29 is 9.84 Å². The van der Waals surface area contributed by atoms with Gasteiger partial charge in [0.15, 0.2) is 0 Å². The molecule has 0 saturated heterocycles. The largest absolute Gasteiger partial charge is 0.496 e. The summed E-state index contributed by atoms with van der Waals surface area (Å²) in [7, 11) is 1.64. The lowest BCUT2D eigenvalue weighted by Crippen LogP contribution is -1.87. The summed E-state index contributed by atoms with van der Waals surface area (Å²) in [4.78, 5) is 5.50. The Labute approximate surface area is 112 Å². The quantitative estimate of drug-likeness (QED) is 0.944. The molecule has 0 atom stereocenters. The Morgan fingerprint density at radius 3 is 2.76 bits per heavy atom. The summed E-state index contributed by atoms with van der Waals surface area (Å²) in [5.41, 5.74) is 1.94. The number of aliphatic hydroxyl groups excluding tert-OH is 1. The number of halogens is 1. The summed E-state index contributed by atoms with van der Waals surface area (Å²) >= 11 is 4.97. The molecule has 17 heavy (non-hydrogen) atoms. The summed E-state index contributed by atoms with van der Waals surface area (Å²) in [5.74, 6) is 0.795. The number of hydrogen-bond donors (Lipinski definition) is 1. The van der Waals surface area contributed by atoms with Crippen LogP contribution in [0.25, 0.3) is 11.3 Å². The third kappa shape index (κ3) is 2.51. The molecule has 1 heterocycles. The van der Waals surface area contributed by atoms with Crippen molar-refractivity contribution in [2.75, 3.05) is 7.11 Å². The highest BCUT2D eigenvalue weighted by Gasteiger charge is 2.11. The molecule has 5 heteroatoms. The van der Waals surface area contributed by atoms with Gasteiger partial charge in [-0.2, -0.15) is 0 Å². The van der Waals surface area contributed by atoms with Gasteiger partial charge in [0.25, 0.3) is 0 Å². The van der Waals surface area contributed by atoms with E-state index in [9.17, 15) is 0 Å². The number of aliphatic hydroxyl groups is 1. The van der Waals surface area contributed by atoms with Gasteiger partial charge in [-0.05, 0) is 41.1 Å². The summed E-state index contributed by atoms with van der Waals surface area (Å²) < 4.78 is 6.09. The maximum atomic E-state index is 9.08. The molecule has 2 aromatic rings. The van der Waals surface area contributed by atoms with E-state index in [2.05, 4.69) is 20.9 Å². The van der Waals surface area contributed by atoms with E-state index in [1.807, 2.05) is 25.1 Å². The van der Waals surface area contributed by atoms with E-state index in [4.69, 9.17) is 9.84 Å². The Hall–Kier alpha value is -0.910. The van der Waals surface area contributed by atoms with Crippen LogP contribution < -0.4 is 4.74 Å². The van der Waals surface area contributed by atoms with Crippen molar-refractivity contribution in [3.63, 3.8) is 0 Å². The SMILES string of the molecule is COc1ccc(-c2nc(CO)sc2C)cc1Br. The van der Waals surface area contributed by atoms with E-state index in [0.717, 1.165) is 31.4 Å². The lowest BCUT2D eigenvalue weighted by atomic mass is 10.1. The van der Waals surface area contributed by atoms with E-state index in [-0.39, 0.29) is 6.61 Å². The number of thiazole rings is 1. The van der Waals surface area contributed by atoms with Crippen LogP contribution in [0.3, 0.4) is 0 Å². The molecule has 0 radical (unpaired) electrons. The van der Waals surface area contributed by atoms with Crippen molar-refractivity contribution >= 4 is 27.3 Å². The Kier molecular flexibility index (Phi) is 3.81. The Bertz CT molecular complexity index is 539. The molecule has 0 saturated carbocycles. The van der Waals surface area contributed by atoms with Crippen molar-refractivity contribution in [1.29, 1.82) is 0 Å². The fraction of sp³-hybridized carbons (Fsp3) is 0.250. The van der Waals surface area contributed by atoms with Crippen molar-refractivity contribution in [3.05, 3.63) is 32.6 Å². The van der Waals surface area contributed by atoms with E-state index in [1.165, 1.54) is 11.3 Å². The van der Waals surface area contributed by atoms with Gasteiger partial charge in [-0.1, -0.05) is 0 Å². The van der Waals surface area contributed by atoms with Crippen LogP contribution in [0, 0.1) is 6.92 Å². The molecule has 1 aromatic heterocycles. The van der Waals surface area contributed by atoms with Gasteiger partial charge in [0.05, 0.1) is 23.9 Å². The van der Waals surface area contributed by atoms with E-state index in [1.54, 1.807) is 7.11 Å². The molecule has 3 nitrogen and oxygen atoms in total. The molecule has 0 aliphatic heterocycles. The number of aryl methyl sites for hydroxylation is 1. The minimum Gasteiger partial charge on any atom is -0.496 e. The maximum absolute atomic E-state index is 9.08. The first kappa shape index (κ1) is 12.5. The molecular weight excluding hydrogens is 302 g/mol. The van der Waals surface area contributed by atoms with Gasteiger partial charge in [0.2, 0.25) is 0 Å². The zero-order valence-corrected chi connectivity index (χ0v) is 11.9. The number of ether oxygens (including phenoxy) is 1. The van der Waals surface area contributed by atoms with Crippen LogP contribution in [0.4, 0.5) is 0 Å². The van der Waals surface area contributed by atoms with Gasteiger partial charge in [0, 0.05) is 10.4 Å². The van der Waals surface area contributed by atoms with Gasteiger partial charge >= 0.3 is 0 Å². The van der Waals surface area contributed by atoms with Crippen LogP contribution in [0.1, 0.15) is 9.88 Å². The third-order valence-corrected chi connectivity index (χ3v) is 3.98. The standard InChI is InChI=1S/C12H12BrNO2S/c1-7-12(14-11(6-15)17-7)8-3-4-10(16-2)9(13)5-8/h3-5,15H,6H2,1-2H3. The van der Waals surface area contributed by atoms with Crippen molar-refractivity contribution in [2.24, 2.45) is 0 Å². The van der Waals surface area contributed by atoms with Crippen LogP contribution >= 0.6 is 27.3 Å². The predicted octanol–water partition coefficient (Wildman–Crippen LogP) is 3.38. The molecular formula is C12H12BrNO2S. The van der Waals surface area contributed by atoms with Gasteiger partial charge in [-0.15, -0.1) is 11.3 Å². The number of methoxy groups -OCH3 is 1. The lowest BCUT2D eigenvalue weighted by molar-refractivity contribution is 0.281. The molecule has 1 aromatic carbocycles. The lowest BCUT2D eigenvalue weighted by Gasteiger charge is -2.05. The third-order valence-electron chi connectivity index (χ3n) is 2.40. The molecule has 0 amide bonds. The van der Waals surface area contributed by atoms with E-state index in [0.29, 0.717) is 0 Å². The van der Waals surface area contributed by atoms with Gasteiger partial charge in [-0.25, -0.2) is 4.98 Å². The average molecular weight is 314 g/mol. The summed E-state index contributed by atoms with van der Waals surface area (Å²) in [6.07, 6.45) is 0. The van der Waals surface area contributed by atoms with Crippen molar-refractivity contribution in [2.45, 2.75) is 13.5 Å². The van der Waals surface area contributed by atoms with Gasteiger partial charge < -0.3 is 9.84 Å². The van der Waals surface area contributed by atoms with Crippen LogP contribution in [-0.4, -0.2) is 17.2 Å². The summed E-state index contributed by atoms with van der Waals surface area (Å²) in [6.45, 7) is 1.99. The zero-order chi connectivity index (χ0) is 12.4. The maximum Gasteiger partial charge on any atom is 0.133 e. The normalized spacial score (nSPS) is 10.6. The number of rotatable bonds is 3. The molecule has 2 rings (SSSR count). The second-order valence-corrected chi connectivity index (χ2v) is 5.66. The van der Waals surface area contributed by atoms with Crippen LogP contribution in [0.5, 0.6) is 5.75 Å². The highest BCUT2D eigenvalue weighted by Crippen LogP contribution is 2.33. The second-order valence-electron chi connectivity index (χ2n) is 3.52. The van der Waals surface area contributed by atoms with Crippen LogP contribution in [-0.2, 0) is 6.61 Å². The fourth-order valence-corrected chi connectivity index (χ4v) is 2.96. The average Bonchev–Trinajstić information content (AvgIpc) is 2.70. The monoisotopic (exact) mass is 313 g/mol. The molecule has 0 aliphatic rings. The zero-order valence-electron chi connectivity index (χ0n) is 9.53. The second kappa shape index (κ2) is 5.16. The minimum absolute atomic E-state index is 0.0111. The van der Waals surface area contributed by atoms with Crippen LogP contribution in [0.2, 0.25) is 0 Å². The van der Waals surface area contributed by atoms with Crippen molar-refractivity contribution in [3.8, 4) is 17.0 Å². The minimum atomic E-state index is -0.0111. The number of aromatic nitrogens is 1. The number of benzene rings is 1. The Morgan fingerprint density at radius 2 is 2.24 bits per heavy atom. The summed E-state index contributed by atoms with van der Waals surface area (Å²) in [6, 6.07) is 5.84. The highest BCUT2D eigenvalue weighted by molar-refractivity contribution is 9.10. The molecule has 90 valence electrons. The number of hydrogen-bond acceptors (Lipinski definition) is 4. The molecule has 0 fully saturated rings. The molecule has 1 N–H and O–H groups in total. The highest BCUT2D eigenvalue weighted by atomic mass is 79.9. The Balaban J connectivity index is 2.45. The molecule has 0 aliphatic carbocycles. The van der Waals surface area contributed by atoms with Crippen molar-refractivity contribution in [1.82, 2.24) is 4.98 Å². The topological polar surface area (TPSA) is 42.4 Å². The molecule has 0 spiro atoms. The Morgan fingerprint density at radius 1 is 1.47 bits per heavy atom. The smallest absolute Gasteiger partial charge is 0.133 e. The van der Waals surface area contributed by atoms with Gasteiger partial charge in [0.1, 0.15) is 10.8 Å².